The number of aliphatic hydroxyl groups is 1. The predicted octanol–water partition coefficient (Wildman–Crippen LogP) is 2.13. The fourth-order valence-corrected chi connectivity index (χ4v) is 6.44. The first-order chi connectivity index (χ1) is 20.9. The van der Waals surface area contributed by atoms with Gasteiger partial charge in [0.2, 0.25) is 6.79 Å². The van der Waals surface area contributed by atoms with Crippen molar-refractivity contribution in [2.75, 3.05) is 66.8 Å². The first kappa shape index (κ1) is 31.3. The van der Waals surface area contributed by atoms with Crippen molar-refractivity contribution in [3.63, 3.8) is 0 Å². The van der Waals surface area contributed by atoms with Crippen LogP contribution >= 0.6 is 0 Å². The van der Waals surface area contributed by atoms with E-state index in [9.17, 15) is 14.7 Å². The van der Waals surface area contributed by atoms with Gasteiger partial charge in [0.05, 0.1) is 20.6 Å². The van der Waals surface area contributed by atoms with Crippen molar-refractivity contribution in [3.8, 4) is 11.5 Å². The Balaban J connectivity index is 1.41. The highest BCUT2D eigenvalue weighted by Crippen LogP contribution is 2.47. The molecule has 236 valence electrons. The summed E-state index contributed by atoms with van der Waals surface area (Å²) in [6.45, 7) is 8.42. The van der Waals surface area contributed by atoms with E-state index >= 15 is 0 Å². The number of nitrogens with one attached hydrogen (secondary N) is 1. The number of rotatable bonds is 12. The molecule has 5 rings (SSSR count). The number of benzene rings is 1. The van der Waals surface area contributed by atoms with Crippen molar-refractivity contribution >= 4 is 11.9 Å². The molecule has 0 saturated carbocycles. The summed E-state index contributed by atoms with van der Waals surface area (Å²) in [7, 11) is 2.80. The molecule has 11 nitrogen and oxygen atoms in total. The number of nitrogens with zero attached hydrogens (tertiary/aromatic N) is 2. The highest BCUT2D eigenvalue weighted by atomic mass is 16.7. The van der Waals surface area contributed by atoms with Gasteiger partial charge in [-0.3, -0.25) is 14.6 Å². The van der Waals surface area contributed by atoms with E-state index in [1.54, 1.807) is 13.2 Å². The first-order valence-electron chi connectivity index (χ1n) is 15.4. The number of fused-ring (bicyclic) bond motifs is 4. The lowest BCUT2D eigenvalue weighted by molar-refractivity contribution is -0.176. The van der Waals surface area contributed by atoms with Gasteiger partial charge >= 0.3 is 11.9 Å². The van der Waals surface area contributed by atoms with Gasteiger partial charge in [-0.15, -0.1) is 0 Å². The molecule has 0 aromatic heterocycles. The molecule has 1 aromatic rings. The molecular weight excluding hydrogens is 554 g/mol. The van der Waals surface area contributed by atoms with Gasteiger partial charge in [-0.1, -0.05) is 25.5 Å². The number of ether oxygens (including phenoxy) is 5. The van der Waals surface area contributed by atoms with Crippen LogP contribution in [0.25, 0.3) is 0 Å². The minimum absolute atomic E-state index is 0.0855. The first-order valence-corrected chi connectivity index (χ1v) is 15.4. The maximum atomic E-state index is 13.9. The van der Waals surface area contributed by atoms with Crippen LogP contribution in [0.5, 0.6) is 11.5 Å². The molecule has 0 amide bonds. The third kappa shape index (κ3) is 7.01. The Bertz CT molecular complexity index is 1210. The molecule has 3 heterocycles. The van der Waals surface area contributed by atoms with Gasteiger partial charge in [0.15, 0.2) is 23.2 Å². The Morgan fingerprint density at radius 1 is 1.14 bits per heavy atom. The molecule has 4 aliphatic rings. The van der Waals surface area contributed by atoms with Crippen LogP contribution in [0.3, 0.4) is 0 Å². The molecular formula is C32H45N3O8. The number of carbonyl (C=O) groups is 2. The molecule has 2 N–H and O–H groups in total. The standard InChI is InChI=1S/C32H45N3O8/c1-4-5-13-35-14-8-22-17-25-26(42-21-41-25)18-23(22)29-24(35)19-27(39-2)30(29)43-31(37)32(38,20-28(36)40-3)9-6-7-12-34-15-10-33-11-16-34/h6-7,17-19,24,29-30,33,38H,4-5,8-16,20-21H2,1-3H3/b7-6+/t24-,29-,30+,32+/m0/s1. The molecule has 1 aromatic carbocycles. The van der Waals surface area contributed by atoms with E-state index in [1.165, 1.54) is 7.11 Å². The van der Waals surface area contributed by atoms with Gasteiger partial charge < -0.3 is 34.1 Å². The Kier molecular flexibility index (Phi) is 10.3. The van der Waals surface area contributed by atoms with Crippen LogP contribution in [0.1, 0.15) is 49.7 Å². The predicted molar refractivity (Wildman–Crippen MR) is 159 cm³/mol. The molecule has 43 heavy (non-hydrogen) atoms. The maximum Gasteiger partial charge on any atom is 0.339 e. The number of hydrogen-bond acceptors (Lipinski definition) is 11. The zero-order chi connectivity index (χ0) is 30.4. The summed E-state index contributed by atoms with van der Waals surface area (Å²) >= 11 is 0. The molecule has 3 aliphatic heterocycles. The van der Waals surface area contributed by atoms with Crippen molar-refractivity contribution < 1.29 is 38.4 Å². The van der Waals surface area contributed by atoms with Crippen molar-refractivity contribution in [1.82, 2.24) is 15.1 Å². The zero-order valence-corrected chi connectivity index (χ0v) is 25.5. The van der Waals surface area contributed by atoms with Gasteiger partial charge in [0, 0.05) is 57.6 Å². The molecule has 0 radical (unpaired) electrons. The normalized spacial score (nSPS) is 24.9. The summed E-state index contributed by atoms with van der Waals surface area (Å²) in [6, 6.07) is 3.93. The minimum atomic E-state index is -2.10. The summed E-state index contributed by atoms with van der Waals surface area (Å²) < 4.78 is 28.2. The van der Waals surface area contributed by atoms with Gasteiger partial charge in [0.1, 0.15) is 5.76 Å². The van der Waals surface area contributed by atoms with Crippen LogP contribution in [-0.2, 0) is 30.2 Å². The topological polar surface area (TPSA) is 119 Å². The van der Waals surface area contributed by atoms with E-state index in [-0.39, 0.29) is 25.2 Å². The third-order valence-corrected chi connectivity index (χ3v) is 8.90. The number of esters is 2. The van der Waals surface area contributed by atoms with Gasteiger partial charge in [-0.2, -0.15) is 0 Å². The van der Waals surface area contributed by atoms with Gasteiger partial charge in [-0.25, -0.2) is 4.79 Å². The summed E-state index contributed by atoms with van der Waals surface area (Å²) in [5.41, 5.74) is 0.00131. The fourth-order valence-electron chi connectivity index (χ4n) is 6.44. The van der Waals surface area contributed by atoms with Crippen LogP contribution in [0.4, 0.5) is 0 Å². The number of carbonyl (C=O) groups excluding carboxylic acids is 2. The molecule has 1 fully saturated rings. The van der Waals surface area contributed by atoms with Gasteiger partial charge in [0.25, 0.3) is 0 Å². The highest BCUT2D eigenvalue weighted by molar-refractivity contribution is 5.86. The lowest BCUT2D eigenvalue weighted by Gasteiger charge is -2.33. The Hall–Kier alpha value is -3.12. The van der Waals surface area contributed by atoms with E-state index in [4.69, 9.17) is 23.7 Å². The van der Waals surface area contributed by atoms with Crippen molar-refractivity contribution in [2.45, 2.75) is 62.7 Å². The monoisotopic (exact) mass is 599 g/mol. The van der Waals surface area contributed by atoms with Crippen LogP contribution in [0.15, 0.2) is 36.1 Å². The molecule has 0 spiro atoms. The summed E-state index contributed by atoms with van der Waals surface area (Å²) in [5, 5.41) is 14.9. The van der Waals surface area contributed by atoms with Crippen LogP contribution < -0.4 is 14.8 Å². The summed E-state index contributed by atoms with van der Waals surface area (Å²) in [4.78, 5) is 30.9. The van der Waals surface area contributed by atoms with Crippen molar-refractivity contribution in [3.05, 3.63) is 47.2 Å². The van der Waals surface area contributed by atoms with E-state index in [0.717, 1.165) is 69.7 Å². The number of unbranched alkanes of at least 4 members (excludes halogenated alkanes) is 1. The molecule has 4 atom stereocenters. The lowest BCUT2D eigenvalue weighted by Crippen LogP contribution is -2.46. The number of hydrogen-bond donors (Lipinski definition) is 2. The van der Waals surface area contributed by atoms with Crippen molar-refractivity contribution in [1.29, 1.82) is 0 Å². The second-order valence-corrected chi connectivity index (χ2v) is 11.7. The minimum Gasteiger partial charge on any atom is -0.497 e. The Morgan fingerprint density at radius 3 is 2.63 bits per heavy atom. The molecule has 11 heteroatoms. The Morgan fingerprint density at radius 2 is 1.91 bits per heavy atom. The second-order valence-electron chi connectivity index (χ2n) is 11.7. The van der Waals surface area contributed by atoms with Gasteiger partial charge in [-0.05, 0) is 48.7 Å². The van der Waals surface area contributed by atoms with Crippen LogP contribution in [0.2, 0.25) is 0 Å². The SMILES string of the molecule is CCCCN1CCc2cc3c(cc2[C@@H]2[C@H](OC(=O)[C@@](O)(C/C=C/CN4CCNCC4)CC(=O)OC)C(OC)=C[C@@H]21)OCO3. The van der Waals surface area contributed by atoms with E-state index < -0.39 is 30.1 Å². The fraction of sp³-hybridized carbons (Fsp3) is 0.625. The average Bonchev–Trinajstić information content (AvgIpc) is 3.59. The third-order valence-electron chi connectivity index (χ3n) is 8.90. The molecule has 0 bridgehead atoms. The average molecular weight is 600 g/mol. The maximum absolute atomic E-state index is 13.9. The van der Waals surface area contributed by atoms with Crippen LogP contribution in [0, 0.1) is 0 Å². The van der Waals surface area contributed by atoms with Crippen molar-refractivity contribution in [2.24, 2.45) is 0 Å². The molecule has 1 aliphatic carbocycles. The largest absolute Gasteiger partial charge is 0.497 e. The molecule has 0 unspecified atom stereocenters. The Labute approximate surface area is 253 Å². The summed E-state index contributed by atoms with van der Waals surface area (Å²) in [5.74, 6) is 0.0134. The second kappa shape index (κ2) is 14.1. The summed E-state index contributed by atoms with van der Waals surface area (Å²) in [6.07, 6.45) is 7.17. The number of methoxy groups -OCH3 is 2. The highest BCUT2D eigenvalue weighted by Gasteiger charge is 2.49. The van der Waals surface area contributed by atoms with E-state index in [0.29, 0.717) is 23.8 Å². The zero-order valence-electron chi connectivity index (χ0n) is 25.5. The van der Waals surface area contributed by atoms with E-state index in [2.05, 4.69) is 22.0 Å². The lowest BCUT2D eigenvalue weighted by atomic mass is 9.87. The quantitative estimate of drug-likeness (QED) is 0.272. The smallest absolute Gasteiger partial charge is 0.339 e. The van der Waals surface area contributed by atoms with E-state index in [1.807, 2.05) is 24.3 Å². The number of piperazine rings is 1. The van der Waals surface area contributed by atoms with Crippen LogP contribution in [-0.4, -0.2) is 111 Å². The molecule has 1 saturated heterocycles.